The number of amides is 2. The van der Waals surface area contributed by atoms with Crippen molar-refractivity contribution in [2.45, 2.75) is 52.7 Å². The van der Waals surface area contributed by atoms with E-state index in [2.05, 4.69) is 26.6 Å². The van der Waals surface area contributed by atoms with Gasteiger partial charge >= 0.3 is 6.09 Å². The third-order valence-corrected chi connectivity index (χ3v) is 4.12. The molecule has 1 aromatic carbocycles. The Morgan fingerprint density at radius 3 is 2.42 bits per heavy atom. The van der Waals surface area contributed by atoms with Crippen LogP contribution in [0.15, 0.2) is 22.7 Å². The molecule has 2 N–H and O–H groups in total. The number of rotatable bonds is 5. The minimum atomic E-state index is -0.686. The van der Waals surface area contributed by atoms with E-state index in [0.29, 0.717) is 21.6 Å². The Bertz CT molecular complexity index is 600. The monoisotopic (exact) mass is 418 g/mol. The highest BCUT2D eigenvalue weighted by Gasteiger charge is 2.25. The van der Waals surface area contributed by atoms with Crippen molar-refractivity contribution in [3.63, 3.8) is 0 Å². The molecular formula is C17H24BrClN2O3. The normalized spacial score (nSPS) is 12.7. The number of halogens is 2. The average Bonchev–Trinajstić information content (AvgIpc) is 2.39. The highest BCUT2D eigenvalue weighted by molar-refractivity contribution is 9.10. The number of ether oxygens (including phenoxy) is 1. The largest absolute Gasteiger partial charge is 0.444 e. The maximum atomic E-state index is 12.5. The molecular weight excluding hydrogens is 396 g/mol. The van der Waals surface area contributed by atoms with Gasteiger partial charge in [0.2, 0.25) is 5.91 Å². The number of nitrogens with one attached hydrogen (secondary N) is 2. The highest BCUT2D eigenvalue weighted by atomic mass is 79.9. The summed E-state index contributed by atoms with van der Waals surface area (Å²) in [5, 5.41) is 5.98. The maximum absolute atomic E-state index is 12.5. The third-order valence-electron chi connectivity index (χ3n) is 2.90. The molecule has 1 unspecified atom stereocenters. The Morgan fingerprint density at radius 1 is 1.29 bits per heavy atom. The number of anilines is 1. The van der Waals surface area contributed by atoms with Crippen LogP contribution in [0.4, 0.5) is 10.5 Å². The smallest absolute Gasteiger partial charge is 0.408 e. The fourth-order valence-corrected chi connectivity index (χ4v) is 2.45. The minimum Gasteiger partial charge on any atom is -0.444 e. The van der Waals surface area contributed by atoms with Gasteiger partial charge < -0.3 is 15.4 Å². The molecule has 0 aliphatic rings. The molecule has 7 heteroatoms. The van der Waals surface area contributed by atoms with Crippen LogP contribution in [0, 0.1) is 5.92 Å². The minimum absolute atomic E-state index is 0.229. The topological polar surface area (TPSA) is 67.4 Å². The molecule has 0 heterocycles. The molecule has 0 saturated carbocycles. The lowest BCUT2D eigenvalue weighted by molar-refractivity contribution is -0.118. The third kappa shape index (κ3) is 7.53. The summed E-state index contributed by atoms with van der Waals surface area (Å²) in [7, 11) is 0. The number of hydrogen-bond donors (Lipinski definition) is 2. The molecule has 1 atom stereocenters. The van der Waals surface area contributed by atoms with E-state index in [-0.39, 0.29) is 11.8 Å². The van der Waals surface area contributed by atoms with Crippen molar-refractivity contribution in [3.05, 3.63) is 27.7 Å². The molecule has 2 amide bonds. The molecule has 134 valence electrons. The van der Waals surface area contributed by atoms with E-state index in [1.54, 1.807) is 39.0 Å². The first kappa shape index (κ1) is 20.8. The van der Waals surface area contributed by atoms with Crippen LogP contribution in [0.3, 0.4) is 0 Å². The molecule has 0 bridgehead atoms. The fourth-order valence-electron chi connectivity index (χ4n) is 1.96. The number of carbonyl (C=O) groups is 2. The first-order valence-electron chi connectivity index (χ1n) is 7.73. The Balaban J connectivity index is 2.80. The summed E-state index contributed by atoms with van der Waals surface area (Å²) in [5.74, 6) is -0.0728. The maximum Gasteiger partial charge on any atom is 0.408 e. The van der Waals surface area contributed by atoms with Crippen molar-refractivity contribution in [1.82, 2.24) is 5.32 Å². The van der Waals surface area contributed by atoms with Crippen LogP contribution in [-0.2, 0) is 9.53 Å². The lowest BCUT2D eigenvalue weighted by Crippen LogP contribution is -2.46. The SMILES string of the molecule is CC(C)CC(NC(=O)OC(C)(C)C)C(=O)Nc1ccc(Cl)c(Br)c1. The van der Waals surface area contributed by atoms with Gasteiger partial charge in [-0.2, -0.15) is 0 Å². The molecule has 5 nitrogen and oxygen atoms in total. The first-order valence-corrected chi connectivity index (χ1v) is 8.90. The summed E-state index contributed by atoms with van der Waals surface area (Å²) in [5.41, 5.74) is -0.0275. The van der Waals surface area contributed by atoms with Gasteiger partial charge in [-0.25, -0.2) is 4.79 Å². The first-order chi connectivity index (χ1) is 11.0. The van der Waals surface area contributed by atoms with Gasteiger partial charge in [-0.05, 0) is 67.2 Å². The van der Waals surface area contributed by atoms with Gasteiger partial charge in [-0.1, -0.05) is 25.4 Å². The van der Waals surface area contributed by atoms with Gasteiger partial charge in [0.1, 0.15) is 11.6 Å². The van der Waals surface area contributed by atoms with E-state index in [9.17, 15) is 9.59 Å². The molecule has 0 aliphatic heterocycles. The lowest BCUT2D eigenvalue weighted by atomic mass is 10.0. The van der Waals surface area contributed by atoms with Gasteiger partial charge in [0.05, 0.1) is 5.02 Å². The summed E-state index contributed by atoms with van der Waals surface area (Å²) >= 11 is 9.26. The van der Waals surface area contributed by atoms with E-state index in [4.69, 9.17) is 16.3 Å². The molecule has 0 fully saturated rings. The second kappa shape index (κ2) is 8.72. The predicted molar refractivity (Wildman–Crippen MR) is 100 cm³/mol. The molecule has 1 aromatic rings. The van der Waals surface area contributed by atoms with Crippen LogP contribution in [0.1, 0.15) is 41.0 Å². The van der Waals surface area contributed by atoms with Crippen molar-refractivity contribution in [2.75, 3.05) is 5.32 Å². The summed E-state index contributed by atoms with van der Waals surface area (Å²) < 4.78 is 5.91. The second-order valence-electron chi connectivity index (χ2n) is 6.95. The Kier molecular flexibility index (Phi) is 7.55. The molecule has 0 saturated heterocycles. The van der Waals surface area contributed by atoms with Crippen molar-refractivity contribution in [1.29, 1.82) is 0 Å². The summed E-state index contributed by atoms with van der Waals surface area (Å²) in [4.78, 5) is 24.5. The van der Waals surface area contributed by atoms with Gasteiger partial charge in [0.25, 0.3) is 0 Å². The van der Waals surface area contributed by atoms with E-state index in [0.717, 1.165) is 0 Å². The molecule has 1 rings (SSSR count). The number of carbonyl (C=O) groups excluding carboxylic acids is 2. The zero-order valence-electron chi connectivity index (χ0n) is 14.6. The van der Waals surface area contributed by atoms with Crippen molar-refractivity contribution < 1.29 is 14.3 Å². The van der Waals surface area contributed by atoms with Crippen LogP contribution < -0.4 is 10.6 Å². The van der Waals surface area contributed by atoms with E-state index >= 15 is 0 Å². The van der Waals surface area contributed by atoms with Gasteiger partial charge in [0, 0.05) is 10.2 Å². The second-order valence-corrected chi connectivity index (χ2v) is 8.21. The molecule has 24 heavy (non-hydrogen) atoms. The Labute approximate surface area is 156 Å². The van der Waals surface area contributed by atoms with Crippen molar-refractivity contribution in [2.24, 2.45) is 5.92 Å². The Hall–Kier alpha value is -1.27. The van der Waals surface area contributed by atoms with Crippen LogP contribution >= 0.6 is 27.5 Å². The molecule has 0 spiro atoms. The quantitative estimate of drug-likeness (QED) is 0.707. The number of hydrogen-bond acceptors (Lipinski definition) is 3. The molecule has 0 aromatic heterocycles. The average molecular weight is 420 g/mol. The zero-order chi connectivity index (χ0) is 18.5. The van der Waals surface area contributed by atoms with Gasteiger partial charge in [-0.3, -0.25) is 4.79 Å². The molecule has 0 radical (unpaired) electrons. The van der Waals surface area contributed by atoms with Gasteiger partial charge in [0.15, 0.2) is 0 Å². The zero-order valence-corrected chi connectivity index (χ0v) is 16.9. The summed E-state index contributed by atoms with van der Waals surface area (Å²) in [6.07, 6.45) is -0.111. The summed E-state index contributed by atoms with van der Waals surface area (Å²) in [6, 6.07) is 4.40. The van der Waals surface area contributed by atoms with Crippen molar-refractivity contribution in [3.8, 4) is 0 Å². The predicted octanol–water partition coefficient (Wildman–Crippen LogP) is 4.98. The van der Waals surface area contributed by atoms with Crippen LogP contribution in [0.2, 0.25) is 5.02 Å². The summed E-state index contributed by atoms with van der Waals surface area (Å²) in [6.45, 7) is 9.28. The fraction of sp³-hybridized carbons (Fsp3) is 0.529. The Morgan fingerprint density at radius 2 is 1.92 bits per heavy atom. The number of alkyl carbamates (subject to hydrolysis) is 1. The van der Waals surface area contributed by atoms with E-state index in [1.807, 2.05) is 13.8 Å². The number of benzene rings is 1. The van der Waals surface area contributed by atoms with Gasteiger partial charge in [-0.15, -0.1) is 0 Å². The van der Waals surface area contributed by atoms with E-state index < -0.39 is 17.7 Å². The highest BCUT2D eigenvalue weighted by Crippen LogP contribution is 2.25. The van der Waals surface area contributed by atoms with Crippen molar-refractivity contribution >= 4 is 45.2 Å². The molecule has 0 aliphatic carbocycles. The van der Waals surface area contributed by atoms with Crippen LogP contribution in [0.5, 0.6) is 0 Å². The van der Waals surface area contributed by atoms with E-state index in [1.165, 1.54) is 0 Å². The lowest BCUT2D eigenvalue weighted by Gasteiger charge is -2.24. The van der Waals surface area contributed by atoms with Crippen LogP contribution in [-0.4, -0.2) is 23.6 Å². The standard InChI is InChI=1S/C17H24BrClN2O3/c1-10(2)8-14(21-16(23)24-17(3,4)5)15(22)20-11-6-7-13(19)12(18)9-11/h6-7,9-10,14H,8H2,1-5H3,(H,20,22)(H,21,23). The van der Waals surface area contributed by atoms with Crippen LogP contribution in [0.25, 0.3) is 0 Å².